The number of ether oxygens (including phenoxy) is 1. The summed E-state index contributed by atoms with van der Waals surface area (Å²) in [6.45, 7) is 5.62. The molecule has 1 saturated heterocycles. The number of nitrogens with zero attached hydrogens (tertiary/aromatic N) is 1. The zero-order chi connectivity index (χ0) is 21.2. The summed E-state index contributed by atoms with van der Waals surface area (Å²) in [5, 5.41) is 16.7. The van der Waals surface area contributed by atoms with Crippen molar-refractivity contribution >= 4 is 27.8 Å². The van der Waals surface area contributed by atoms with Crippen LogP contribution in [0.3, 0.4) is 0 Å². The van der Waals surface area contributed by atoms with E-state index in [-0.39, 0.29) is 5.97 Å². The Bertz CT molecular complexity index is 1220. The lowest BCUT2D eigenvalue weighted by atomic mass is 9.98. The van der Waals surface area contributed by atoms with E-state index in [2.05, 4.69) is 50.1 Å². The van der Waals surface area contributed by atoms with Crippen molar-refractivity contribution < 1.29 is 9.53 Å². The summed E-state index contributed by atoms with van der Waals surface area (Å²) in [5.41, 5.74) is 5.01. The van der Waals surface area contributed by atoms with Crippen LogP contribution in [0.5, 0.6) is 5.75 Å². The van der Waals surface area contributed by atoms with Gasteiger partial charge in [-0.2, -0.15) is 5.10 Å². The minimum atomic E-state index is -0.337. The molecule has 7 heteroatoms. The fourth-order valence-corrected chi connectivity index (χ4v) is 4.36. The third-order valence-corrected chi connectivity index (χ3v) is 5.96. The standard InChI is InChI=1S/C24H27N5O2/c1-15(30)31-19-3-4-20-22(12-19)28-29-24(20)23-11-18-10-17(2-5-21(18)27-23)14-26-13-16-6-8-25-9-7-16/h2-5,10-12,16,25-27H,6-9,13-14H2,1H3,(H,28,29). The third kappa shape index (κ3) is 4.33. The van der Waals surface area contributed by atoms with Crippen molar-refractivity contribution in [3.8, 4) is 17.1 Å². The molecule has 7 nitrogen and oxygen atoms in total. The summed E-state index contributed by atoms with van der Waals surface area (Å²) in [4.78, 5) is 14.7. The number of carbonyl (C=O) groups excluding carboxylic acids is 1. The lowest BCUT2D eigenvalue weighted by Crippen LogP contribution is -2.33. The van der Waals surface area contributed by atoms with Crippen molar-refractivity contribution in [2.45, 2.75) is 26.3 Å². The summed E-state index contributed by atoms with van der Waals surface area (Å²) in [5.74, 6) is 0.947. The smallest absolute Gasteiger partial charge is 0.308 e. The summed E-state index contributed by atoms with van der Waals surface area (Å²) < 4.78 is 5.17. The lowest BCUT2D eigenvalue weighted by Gasteiger charge is -2.22. The number of rotatable bonds is 6. The molecule has 1 aliphatic rings. The molecule has 0 spiro atoms. The maximum absolute atomic E-state index is 11.2. The number of benzene rings is 2. The van der Waals surface area contributed by atoms with Crippen LogP contribution in [0.4, 0.5) is 0 Å². The molecule has 2 aromatic heterocycles. The van der Waals surface area contributed by atoms with Crippen LogP contribution in [0.1, 0.15) is 25.3 Å². The normalized spacial score (nSPS) is 15.0. The first kappa shape index (κ1) is 19.8. The number of piperidine rings is 1. The number of esters is 1. The van der Waals surface area contributed by atoms with E-state index in [0.29, 0.717) is 5.75 Å². The van der Waals surface area contributed by atoms with Crippen molar-refractivity contribution in [1.82, 2.24) is 25.8 Å². The van der Waals surface area contributed by atoms with Crippen molar-refractivity contribution in [2.75, 3.05) is 19.6 Å². The molecule has 160 valence electrons. The number of hydrogen-bond acceptors (Lipinski definition) is 5. The zero-order valence-electron chi connectivity index (χ0n) is 17.6. The van der Waals surface area contributed by atoms with Gasteiger partial charge in [-0.1, -0.05) is 6.07 Å². The van der Waals surface area contributed by atoms with E-state index in [1.54, 1.807) is 12.1 Å². The van der Waals surface area contributed by atoms with Gasteiger partial charge in [0.1, 0.15) is 11.4 Å². The zero-order valence-corrected chi connectivity index (χ0v) is 17.6. The predicted octanol–water partition coefficient (Wildman–Crippen LogP) is 3.73. The second-order valence-corrected chi connectivity index (χ2v) is 8.30. The van der Waals surface area contributed by atoms with Crippen molar-refractivity contribution in [3.63, 3.8) is 0 Å². The van der Waals surface area contributed by atoms with Gasteiger partial charge < -0.3 is 20.4 Å². The van der Waals surface area contributed by atoms with E-state index in [1.807, 2.05) is 6.07 Å². The Labute approximate surface area is 180 Å². The Hall–Kier alpha value is -3.16. The van der Waals surface area contributed by atoms with E-state index in [4.69, 9.17) is 4.74 Å². The van der Waals surface area contributed by atoms with E-state index < -0.39 is 0 Å². The Balaban J connectivity index is 1.33. The molecule has 0 amide bonds. The molecule has 4 aromatic rings. The van der Waals surface area contributed by atoms with Gasteiger partial charge in [-0.15, -0.1) is 0 Å². The minimum Gasteiger partial charge on any atom is -0.427 e. The van der Waals surface area contributed by atoms with Crippen LogP contribution in [-0.4, -0.2) is 40.8 Å². The number of fused-ring (bicyclic) bond motifs is 2. The Morgan fingerprint density at radius 2 is 2.00 bits per heavy atom. The molecule has 2 aromatic carbocycles. The molecule has 4 N–H and O–H groups in total. The van der Waals surface area contributed by atoms with Crippen molar-refractivity contribution in [3.05, 3.63) is 48.0 Å². The largest absolute Gasteiger partial charge is 0.427 e. The van der Waals surface area contributed by atoms with Crippen molar-refractivity contribution in [2.24, 2.45) is 5.92 Å². The summed E-state index contributed by atoms with van der Waals surface area (Å²) >= 11 is 0. The highest BCUT2D eigenvalue weighted by Crippen LogP contribution is 2.30. The average Bonchev–Trinajstić information content (AvgIpc) is 3.37. The van der Waals surface area contributed by atoms with Gasteiger partial charge in [-0.3, -0.25) is 9.89 Å². The molecule has 1 aliphatic heterocycles. The summed E-state index contributed by atoms with van der Waals surface area (Å²) in [6.07, 6.45) is 2.51. The summed E-state index contributed by atoms with van der Waals surface area (Å²) in [6, 6.07) is 14.2. The van der Waals surface area contributed by atoms with Gasteiger partial charge in [-0.25, -0.2) is 0 Å². The minimum absolute atomic E-state index is 0.337. The van der Waals surface area contributed by atoms with Crippen LogP contribution in [0.15, 0.2) is 42.5 Å². The topological polar surface area (TPSA) is 94.8 Å². The molecule has 0 saturated carbocycles. The third-order valence-electron chi connectivity index (χ3n) is 5.96. The molecule has 31 heavy (non-hydrogen) atoms. The van der Waals surface area contributed by atoms with Crippen LogP contribution in [0.2, 0.25) is 0 Å². The van der Waals surface area contributed by atoms with Crippen molar-refractivity contribution in [1.29, 1.82) is 0 Å². The van der Waals surface area contributed by atoms with Gasteiger partial charge in [-0.05, 0) is 74.3 Å². The van der Waals surface area contributed by atoms with E-state index in [1.165, 1.54) is 30.7 Å². The molecule has 3 heterocycles. The van der Waals surface area contributed by atoms with E-state index in [9.17, 15) is 4.79 Å². The van der Waals surface area contributed by atoms with Gasteiger partial charge in [0.05, 0.1) is 11.2 Å². The Kier molecular flexibility index (Phi) is 5.44. The quantitative estimate of drug-likeness (QED) is 0.283. The second-order valence-electron chi connectivity index (χ2n) is 8.30. The van der Waals surface area contributed by atoms with Gasteiger partial charge >= 0.3 is 5.97 Å². The molecular formula is C24H27N5O2. The molecule has 1 fully saturated rings. The fraction of sp³-hybridized carbons (Fsp3) is 0.333. The number of H-pyrrole nitrogens is 2. The molecule has 0 bridgehead atoms. The number of hydrogen-bond donors (Lipinski definition) is 4. The first-order chi connectivity index (χ1) is 15.2. The molecule has 0 unspecified atom stereocenters. The molecular weight excluding hydrogens is 390 g/mol. The Morgan fingerprint density at radius 1 is 1.13 bits per heavy atom. The first-order valence-electron chi connectivity index (χ1n) is 10.9. The number of nitrogens with one attached hydrogen (secondary N) is 4. The first-order valence-corrected chi connectivity index (χ1v) is 10.9. The van der Waals surface area contributed by atoms with Crippen LogP contribution < -0.4 is 15.4 Å². The van der Waals surface area contributed by atoms with Gasteiger partial charge in [0.2, 0.25) is 0 Å². The SMILES string of the molecule is CC(=O)Oc1ccc2c(-c3cc4cc(CNCC5CCNCC5)ccc4[nH]3)n[nH]c2c1. The van der Waals surface area contributed by atoms with Crippen LogP contribution >= 0.6 is 0 Å². The van der Waals surface area contributed by atoms with Gasteiger partial charge in [0.15, 0.2) is 0 Å². The number of carbonyl (C=O) groups is 1. The Morgan fingerprint density at radius 3 is 2.84 bits per heavy atom. The van der Waals surface area contributed by atoms with Crippen LogP contribution in [0, 0.1) is 5.92 Å². The van der Waals surface area contributed by atoms with Gasteiger partial charge in [0.25, 0.3) is 0 Å². The number of aromatic amines is 2. The molecule has 0 radical (unpaired) electrons. The maximum atomic E-state index is 11.2. The van der Waals surface area contributed by atoms with Crippen LogP contribution in [-0.2, 0) is 11.3 Å². The second kappa shape index (κ2) is 8.53. The number of aromatic nitrogens is 3. The fourth-order valence-electron chi connectivity index (χ4n) is 4.36. The lowest BCUT2D eigenvalue weighted by molar-refractivity contribution is -0.131. The highest BCUT2D eigenvalue weighted by molar-refractivity contribution is 5.96. The van der Waals surface area contributed by atoms with E-state index in [0.717, 1.165) is 59.9 Å². The highest BCUT2D eigenvalue weighted by atomic mass is 16.5. The summed E-state index contributed by atoms with van der Waals surface area (Å²) in [7, 11) is 0. The molecule has 0 aliphatic carbocycles. The van der Waals surface area contributed by atoms with E-state index >= 15 is 0 Å². The van der Waals surface area contributed by atoms with Crippen LogP contribution in [0.25, 0.3) is 33.2 Å². The molecule has 5 rings (SSSR count). The van der Waals surface area contributed by atoms with Gasteiger partial charge in [0, 0.05) is 35.8 Å². The predicted molar refractivity (Wildman–Crippen MR) is 122 cm³/mol. The highest BCUT2D eigenvalue weighted by Gasteiger charge is 2.14. The maximum Gasteiger partial charge on any atom is 0.308 e. The molecule has 0 atom stereocenters. The average molecular weight is 418 g/mol. The monoisotopic (exact) mass is 417 g/mol.